The van der Waals surface area contributed by atoms with E-state index >= 15 is 0 Å². The smallest absolute Gasteiger partial charge is 0.251 e. The van der Waals surface area contributed by atoms with Crippen molar-refractivity contribution in [2.24, 2.45) is 7.05 Å². The van der Waals surface area contributed by atoms with Crippen LogP contribution in [0.3, 0.4) is 0 Å². The average molecular weight is 458 g/mol. The van der Waals surface area contributed by atoms with Gasteiger partial charge in [-0.3, -0.25) is 9.59 Å². The molecule has 3 aromatic rings. The molecule has 31 heavy (non-hydrogen) atoms. The van der Waals surface area contributed by atoms with Gasteiger partial charge in [-0.05, 0) is 24.3 Å². The molecule has 0 atom stereocenters. The Hall–Kier alpha value is -2.64. The molecule has 8 heteroatoms. The minimum Gasteiger partial charge on any atom is -0.495 e. The van der Waals surface area contributed by atoms with E-state index < -0.39 is 0 Å². The van der Waals surface area contributed by atoms with Gasteiger partial charge in [0, 0.05) is 54.6 Å². The summed E-state index contributed by atoms with van der Waals surface area (Å²) in [4.78, 5) is 30.1. The molecule has 2 aromatic carbocycles. The first kappa shape index (κ1) is 21.6. The molecule has 1 saturated heterocycles. The summed E-state index contributed by atoms with van der Waals surface area (Å²) in [5.74, 6) is 1.21. The summed E-state index contributed by atoms with van der Waals surface area (Å²) in [7, 11) is 3.40. The predicted octanol–water partition coefficient (Wildman–Crippen LogP) is 3.64. The molecule has 0 unspecified atom stereocenters. The Kier molecular flexibility index (Phi) is 6.43. The van der Waals surface area contributed by atoms with Crippen LogP contribution in [0.2, 0.25) is 5.02 Å². The van der Waals surface area contributed by atoms with Crippen molar-refractivity contribution >= 4 is 45.9 Å². The number of halogens is 1. The van der Waals surface area contributed by atoms with Crippen molar-refractivity contribution in [2.75, 3.05) is 43.9 Å². The second-order valence-corrected chi connectivity index (χ2v) is 8.85. The lowest BCUT2D eigenvalue weighted by Crippen LogP contribution is -2.49. The zero-order valence-corrected chi connectivity index (χ0v) is 19.1. The summed E-state index contributed by atoms with van der Waals surface area (Å²) in [6.45, 7) is 2.82. The van der Waals surface area contributed by atoms with Gasteiger partial charge in [-0.25, -0.2) is 0 Å². The lowest BCUT2D eigenvalue weighted by atomic mass is 10.2. The van der Waals surface area contributed by atoms with Gasteiger partial charge in [0.25, 0.3) is 5.56 Å². The number of aryl methyl sites for hydroxylation is 1. The number of thioether (sulfide) groups is 1. The van der Waals surface area contributed by atoms with Gasteiger partial charge in [-0.1, -0.05) is 29.8 Å². The van der Waals surface area contributed by atoms with Crippen LogP contribution in [0.15, 0.2) is 58.2 Å². The molecule has 0 spiro atoms. The van der Waals surface area contributed by atoms with Gasteiger partial charge < -0.3 is 19.1 Å². The fourth-order valence-electron chi connectivity index (χ4n) is 3.83. The van der Waals surface area contributed by atoms with Gasteiger partial charge in [0.1, 0.15) is 5.75 Å². The Bertz CT molecular complexity index is 1170. The average Bonchev–Trinajstić information content (AvgIpc) is 2.80. The van der Waals surface area contributed by atoms with E-state index in [0.29, 0.717) is 23.9 Å². The Morgan fingerprint density at radius 3 is 2.58 bits per heavy atom. The second kappa shape index (κ2) is 9.24. The summed E-state index contributed by atoms with van der Waals surface area (Å²) < 4.78 is 7.03. The van der Waals surface area contributed by atoms with Crippen molar-refractivity contribution in [2.45, 2.75) is 4.90 Å². The minimum absolute atomic E-state index is 0.0764. The highest BCUT2D eigenvalue weighted by molar-refractivity contribution is 8.00. The van der Waals surface area contributed by atoms with Crippen LogP contribution in [0.4, 0.5) is 5.69 Å². The van der Waals surface area contributed by atoms with Gasteiger partial charge >= 0.3 is 0 Å². The first-order chi connectivity index (χ1) is 15.0. The molecular formula is C23H24ClN3O3S. The fraction of sp³-hybridized carbons (Fsp3) is 0.304. The molecule has 0 aliphatic carbocycles. The number of carbonyl (C=O) groups excluding carboxylic acids is 1. The van der Waals surface area contributed by atoms with Crippen LogP contribution >= 0.6 is 23.4 Å². The number of piperazine rings is 1. The third-order valence-electron chi connectivity index (χ3n) is 5.58. The van der Waals surface area contributed by atoms with Crippen molar-refractivity contribution in [3.05, 3.63) is 63.9 Å². The minimum atomic E-state index is -0.116. The molecule has 1 fully saturated rings. The van der Waals surface area contributed by atoms with E-state index in [1.54, 1.807) is 36.9 Å². The molecule has 162 valence electrons. The van der Waals surface area contributed by atoms with Crippen molar-refractivity contribution < 1.29 is 9.53 Å². The number of aromatic nitrogens is 1. The fourth-order valence-corrected chi connectivity index (χ4v) is 4.97. The van der Waals surface area contributed by atoms with Gasteiger partial charge in [0.2, 0.25) is 5.91 Å². The Labute approximate surface area is 190 Å². The molecule has 0 bridgehead atoms. The molecular weight excluding hydrogens is 434 g/mol. The third-order valence-corrected chi connectivity index (χ3v) is 6.86. The topological polar surface area (TPSA) is 54.8 Å². The van der Waals surface area contributed by atoms with Crippen molar-refractivity contribution in [1.82, 2.24) is 9.47 Å². The summed E-state index contributed by atoms with van der Waals surface area (Å²) in [5.41, 5.74) is 1.70. The number of benzene rings is 2. The molecule has 1 amide bonds. The van der Waals surface area contributed by atoms with Crippen LogP contribution in [-0.2, 0) is 11.8 Å². The first-order valence-corrected chi connectivity index (χ1v) is 11.4. The highest BCUT2D eigenvalue weighted by atomic mass is 35.5. The van der Waals surface area contributed by atoms with Gasteiger partial charge in [0.05, 0.1) is 24.1 Å². The van der Waals surface area contributed by atoms with Crippen molar-refractivity contribution in [3.63, 3.8) is 0 Å². The molecule has 6 nitrogen and oxygen atoms in total. The maximum atomic E-state index is 12.8. The molecule has 4 rings (SSSR count). The van der Waals surface area contributed by atoms with Crippen LogP contribution in [0.1, 0.15) is 0 Å². The second-order valence-electron chi connectivity index (χ2n) is 7.40. The number of methoxy groups -OCH3 is 1. The van der Waals surface area contributed by atoms with E-state index in [1.165, 1.54) is 11.8 Å². The van der Waals surface area contributed by atoms with Crippen LogP contribution in [0.25, 0.3) is 10.9 Å². The van der Waals surface area contributed by atoms with E-state index in [-0.39, 0.29) is 11.5 Å². The third kappa shape index (κ3) is 4.52. The summed E-state index contributed by atoms with van der Waals surface area (Å²) in [6, 6.07) is 15.0. The molecule has 1 aromatic heterocycles. The highest BCUT2D eigenvalue weighted by Gasteiger charge is 2.23. The quantitative estimate of drug-likeness (QED) is 0.547. The van der Waals surface area contributed by atoms with Gasteiger partial charge in [-0.2, -0.15) is 0 Å². The zero-order valence-electron chi connectivity index (χ0n) is 17.5. The lowest BCUT2D eigenvalue weighted by molar-refractivity contribution is -0.128. The number of carbonyl (C=O) groups is 1. The van der Waals surface area contributed by atoms with E-state index in [2.05, 4.69) is 4.90 Å². The number of anilines is 1. The van der Waals surface area contributed by atoms with Crippen LogP contribution in [0.5, 0.6) is 5.75 Å². The van der Waals surface area contributed by atoms with Crippen molar-refractivity contribution in [3.8, 4) is 5.75 Å². The number of para-hydroxylation sites is 2. The molecule has 0 saturated carbocycles. The number of rotatable bonds is 5. The molecule has 0 N–H and O–H groups in total. The first-order valence-electron chi connectivity index (χ1n) is 10.1. The maximum absolute atomic E-state index is 12.8. The van der Waals surface area contributed by atoms with Crippen LogP contribution in [0, 0.1) is 0 Å². The monoisotopic (exact) mass is 457 g/mol. The Morgan fingerprint density at radius 1 is 1.10 bits per heavy atom. The molecule has 0 radical (unpaired) electrons. The number of ether oxygens (including phenoxy) is 1. The van der Waals surface area contributed by atoms with Gasteiger partial charge in [0.15, 0.2) is 0 Å². The normalized spacial score (nSPS) is 14.2. The summed E-state index contributed by atoms with van der Waals surface area (Å²) >= 11 is 7.51. The highest BCUT2D eigenvalue weighted by Crippen LogP contribution is 2.30. The number of pyridine rings is 1. The van der Waals surface area contributed by atoms with E-state index in [9.17, 15) is 9.59 Å². The van der Waals surface area contributed by atoms with Crippen LogP contribution in [-0.4, -0.2) is 54.4 Å². The molecule has 1 aliphatic rings. The SMILES string of the molecule is COc1ccccc1N1CCN(C(=O)CSc2cc(=O)n(C)c3cc(Cl)ccc23)CC1. The largest absolute Gasteiger partial charge is 0.495 e. The molecule has 1 aliphatic heterocycles. The zero-order chi connectivity index (χ0) is 22.0. The number of fused-ring (bicyclic) bond motifs is 1. The summed E-state index contributed by atoms with van der Waals surface area (Å²) in [5, 5.41) is 1.50. The Balaban J connectivity index is 1.41. The predicted molar refractivity (Wildman–Crippen MR) is 127 cm³/mol. The lowest BCUT2D eigenvalue weighted by Gasteiger charge is -2.36. The van der Waals surface area contributed by atoms with E-state index in [1.807, 2.05) is 35.2 Å². The Morgan fingerprint density at radius 2 is 1.84 bits per heavy atom. The number of hydrogen-bond donors (Lipinski definition) is 0. The summed E-state index contributed by atoms with van der Waals surface area (Å²) in [6.07, 6.45) is 0. The maximum Gasteiger partial charge on any atom is 0.251 e. The number of amides is 1. The number of nitrogens with zero attached hydrogens (tertiary/aromatic N) is 3. The van der Waals surface area contributed by atoms with Crippen molar-refractivity contribution in [1.29, 1.82) is 0 Å². The van der Waals surface area contributed by atoms with Crippen LogP contribution < -0.4 is 15.2 Å². The van der Waals surface area contributed by atoms with Gasteiger partial charge in [-0.15, -0.1) is 11.8 Å². The van der Waals surface area contributed by atoms with E-state index in [0.717, 1.165) is 40.3 Å². The van der Waals surface area contributed by atoms with E-state index in [4.69, 9.17) is 16.3 Å². The molecule has 2 heterocycles. The standard InChI is InChI=1S/C23H24ClN3O3S/c1-25-19-13-16(24)7-8-17(19)21(14-22(25)28)31-15-23(29)27-11-9-26(10-12-27)18-5-3-4-6-20(18)30-2/h3-8,13-14H,9-12,15H2,1-2H3. The number of hydrogen-bond acceptors (Lipinski definition) is 5.